The van der Waals surface area contributed by atoms with Gasteiger partial charge in [0.25, 0.3) is 5.56 Å². The molecule has 8 nitrogen and oxygen atoms in total. The predicted molar refractivity (Wildman–Crippen MR) is 111 cm³/mol. The number of hydrogen-bond acceptors (Lipinski definition) is 6. The van der Waals surface area contributed by atoms with Gasteiger partial charge in [-0.1, -0.05) is 0 Å². The normalized spacial score (nSPS) is 10.4. The molecule has 0 saturated heterocycles. The lowest BCUT2D eigenvalue weighted by atomic mass is 10.0. The summed E-state index contributed by atoms with van der Waals surface area (Å²) in [4.78, 5) is 36.8. The van der Waals surface area contributed by atoms with Crippen LogP contribution < -0.4 is 20.3 Å². The van der Waals surface area contributed by atoms with E-state index in [4.69, 9.17) is 9.47 Å². The first-order valence-corrected chi connectivity index (χ1v) is 8.95. The molecule has 3 aromatic rings. The number of aromatic nitrogens is 1. The molecule has 154 valence electrons. The van der Waals surface area contributed by atoms with Gasteiger partial charge in [0, 0.05) is 30.4 Å². The summed E-state index contributed by atoms with van der Waals surface area (Å²) in [5.41, 5.74) is 0.362. The quantitative estimate of drug-likeness (QED) is 0.480. The van der Waals surface area contributed by atoms with E-state index >= 15 is 0 Å². The molecule has 0 saturated carbocycles. The van der Waals surface area contributed by atoms with Crippen molar-refractivity contribution in [1.29, 1.82) is 0 Å². The second kappa shape index (κ2) is 8.52. The Balaban J connectivity index is 2.05. The Hall–Kier alpha value is -4.07. The molecule has 0 aliphatic heterocycles. The third kappa shape index (κ3) is 4.02. The zero-order valence-electron chi connectivity index (χ0n) is 16.6. The maximum Gasteiger partial charge on any atom is 0.255 e. The summed E-state index contributed by atoms with van der Waals surface area (Å²) in [5.74, 6) is -0.530. The van der Waals surface area contributed by atoms with E-state index in [0.29, 0.717) is 11.4 Å². The first-order chi connectivity index (χ1) is 14.3. The molecule has 0 aliphatic carbocycles. The van der Waals surface area contributed by atoms with E-state index in [2.05, 4.69) is 5.32 Å². The highest BCUT2D eigenvalue weighted by Crippen LogP contribution is 2.37. The maximum atomic E-state index is 13.1. The number of phenols is 1. The highest BCUT2D eigenvalue weighted by atomic mass is 16.5. The molecule has 1 amide bonds. The molecule has 0 radical (unpaired) electrons. The maximum absolute atomic E-state index is 13.1. The second-order valence-electron chi connectivity index (χ2n) is 6.37. The Morgan fingerprint density at radius 3 is 2.27 bits per heavy atom. The number of nitrogens with one attached hydrogen (secondary N) is 1. The van der Waals surface area contributed by atoms with Crippen LogP contribution in [0.5, 0.6) is 17.2 Å². The van der Waals surface area contributed by atoms with Crippen molar-refractivity contribution >= 4 is 17.4 Å². The molecule has 1 heterocycles. The van der Waals surface area contributed by atoms with Gasteiger partial charge in [-0.15, -0.1) is 0 Å². The summed E-state index contributed by atoms with van der Waals surface area (Å²) in [6.45, 7) is 1.28. The van der Waals surface area contributed by atoms with Crippen LogP contribution in [0.1, 0.15) is 22.8 Å². The van der Waals surface area contributed by atoms with Crippen molar-refractivity contribution in [2.75, 3.05) is 19.5 Å². The van der Waals surface area contributed by atoms with Crippen molar-refractivity contribution in [1.82, 2.24) is 4.57 Å². The molecule has 0 fully saturated rings. The molecule has 2 aromatic carbocycles. The summed E-state index contributed by atoms with van der Waals surface area (Å²) in [6, 6.07) is 12.3. The number of aromatic hydroxyl groups is 1. The van der Waals surface area contributed by atoms with E-state index in [9.17, 15) is 19.5 Å². The van der Waals surface area contributed by atoms with Crippen molar-refractivity contribution in [2.24, 2.45) is 0 Å². The molecular weight excluding hydrogens is 388 g/mol. The van der Waals surface area contributed by atoms with E-state index in [1.165, 1.54) is 56.2 Å². The Labute approximate surface area is 172 Å². The smallest absolute Gasteiger partial charge is 0.255 e. The molecule has 2 N–H and O–H groups in total. The second-order valence-corrected chi connectivity index (χ2v) is 6.37. The first kappa shape index (κ1) is 20.7. The van der Waals surface area contributed by atoms with Gasteiger partial charge < -0.3 is 19.9 Å². The lowest BCUT2D eigenvalue weighted by Crippen LogP contribution is -2.19. The molecule has 0 aliphatic rings. The average molecular weight is 408 g/mol. The van der Waals surface area contributed by atoms with Crippen molar-refractivity contribution in [3.05, 3.63) is 76.2 Å². The zero-order chi connectivity index (χ0) is 21.8. The minimum absolute atomic E-state index is 0.000624. The number of carbonyl (C=O) groups is 2. The Morgan fingerprint density at radius 1 is 0.967 bits per heavy atom. The average Bonchev–Trinajstić information content (AvgIpc) is 2.75. The number of ketones is 1. The predicted octanol–water partition coefficient (Wildman–Crippen LogP) is 2.75. The van der Waals surface area contributed by atoms with E-state index in [-0.39, 0.29) is 28.1 Å². The third-order valence-electron chi connectivity index (χ3n) is 4.43. The van der Waals surface area contributed by atoms with Crippen LogP contribution in [0, 0.1) is 0 Å². The van der Waals surface area contributed by atoms with Crippen molar-refractivity contribution in [3.63, 3.8) is 0 Å². The van der Waals surface area contributed by atoms with Crippen LogP contribution in [-0.2, 0) is 4.79 Å². The number of ether oxygens (including phenoxy) is 2. The fraction of sp³-hybridized carbons (Fsp3) is 0.136. The molecular formula is C22H20N2O6. The molecule has 3 rings (SSSR count). The highest BCUT2D eigenvalue weighted by molar-refractivity contribution is 6.12. The fourth-order valence-electron chi connectivity index (χ4n) is 2.94. The minimum atomic E-state index is -0.524. The van der Waals surface area contributed by atoms with Crippen LogP contribution in [-0.4, -0.2) is 35.6 Å². The zero-order valence-corrected chi connectivity index (χ0v) is 16.6. The summed E-state index contributed by atoms with van der Waals surface area (Å²) in [6.07, 6.45) is 1.40. The number of pyridine rings is 1. The number of nitrogens with zero attached hydrogens (tertiary/aromatic N) is 1. The summed E-state index contributed by atoms with van der Waals surface area (Å²) in [5, 5.41) is 13.0. The van der Waals surface area contributed by atoms with Gasteiger partial charge in [0.2, 0.25) is 5.91 Å². The van der Waals surface area contributed by atoms with E-state index in [1.807, 2.05) is 0 Å². The van der Waals surface area contributed by atoms with Gasteiger partial charge in [-0.25, -0.2) is 0 Å². The number of carbonyl (C=O) groups excluding carboxylic acids is 2. The van der Waals surface area contributed by atoms with Crippen LogP contribution in [0.25, 0.3) is 5.69 Å². The molecule has 8 heteroatoms. The molecule has 0 unspecified atom stereocenters. The van der Waals surface area contributed by atoms with Crippen molar-refractivity contribution in [3.8, 4) is 22.9 Å². The van der Waals surface area contributed by atoms with Crippen LogP contribution in [0.15, 0.2) is 59.5 Å². The minimum Gasteiger partial charge on any atom is -0.505 e. The molecule has 0 bridgehead atoms. The number of anilines is 1. The molecule has 30 heavy (non-hydrogen) atoms. The van der Waals surface area contributed by atoms with Gasteiger partial charge in [0.15, 0.2) is 11.5 Å². The van der Waals surface area contributed by atoms with E-state index in [1.54, 1.807) is 24.3 Å². The number of rotatable bonds is 6. The topological polar surface area (TPSA) is 107 Å². The lowest BCUT2D eigenvalue weighted by molar-refractivity contribution is -0.114. The number of phenolic OH excluding ortho intramolecular Hbond substituents is 1. The standard InChI is InChI=1S/C22H20N2O6/c1-13(25)23-20-18(30-3)10-9-17(22(20)28)21(27)14-4-11-19(26)24(12-14)15-5-7-16(29-2)8-6-15/h4-12,28H,1-3H3,(H,23,25). The van der Waals surface area contributed by atoms with Gasteiger partial charge in [-0.3, -0.25) is 19.0 Å². The third-order valence-corrected chi connectivity index (χ3v) is 4.43. The van der Waals surface area contributed by atoms with Crippen LogP contribution in [0.4, 0.5) is 5.69 Å². The van der Waals surface area contributed by atoms with E-state index < -0.39 is 17.4 Å². The Morgan fingerprint density at radius 2 is 1.67 bits per heavy atom. The van der Waals surface area contributed by atoms with Gasteiger partial charge >= 0.3 is 0 Å². The van der Waals surface area contributed by atoms with Gasteiger partial charge in [0.1, 0.15) is 17.2 Å². The summed E-state index contributed by atoms with van der Waals surface area (Å²) < 4.78 is 11.6. The SMILES string of the molecule is COc1ccc(-n2cc(C(=O)c3ccc(OC)c(NC(C)=O)c3O)ccc2=O)cc1. The largest absolute Gasteiger partial charge is 0.505 e. The van der Waals surface area contributed by atoms with Crippen molar-refractivity contribution in [2.45, 2.75) is 6.92 Å². The number of benzene rings is 2. The van der Waals surface area contributed by atoms with Gasteiger partial charge in [0.05, 0.1) is 19.8 Å². The number of amides is 1. The van der Waals surface area contributed by atoms with E-state index in [0.717, 1.165) is 0 Å². The number of methoxy groups -OCH3 is 2. The fourth-order valence-corrected chi connectivity index (χ4v) is 2.94. The summed E-state index contributed by atoms with van der Waals surface area (Å²) in [7, 11) is 2.92. The van der Waals surface area contributed by atoms with Gasteiger partial charge in [-0.05, 0) is 42.5 Å². The van der Waals surface area contributed by atoms with Crippen LogP contribution in [0.2, 0.25) is 0 Å². The Kier molecular flexibility index (Phi) is 5.87. The first-order valence-electron chi connectivity index (χ1n) is 8.95. The Bertz CT molecular complexity index is 1170. The molecule has 0 atom stereocenters. The highest BCUT2D eigenvalue weighted by Gasteiger charge is 2.21. The number of hydrogen-bond donors (Lipinski definition) is 2. The molecule has 0 spiro atoms. The summed E-state index contributed by atoms with van der Waals surface area (Å²) >= 11 is 0. The van der Waals surface area contributed by atoms with Crippen LogP contribution in [0.3, 0.4) is 0 Å². The van der Waals surface area contributed by atoms with Crippen molar-refractivity contribution < 1.29 is 24.2 Å². The lowest BCUT2D eigenvalue weighted by Gasteiger charge is -2.14. The van der Waals surface area contributed by atoms with Crippen LogP contribution >= 0.6 is 0 Å². The monoisotopic (exact) mass is 408 g/mol. The molecule has 1 aromatic heterocycles. The van der Waals surface area contributed by atoms with Gasteiger partial charge in [-0.2, -0.15) is 0 Å².